The van der Waals surface area contributed by atoms with E-state index in [4.69, 9.17) is 5.73 Å². The summed E-state index contributed by atoms with van der Waals surface area (Å²) < 4.78 is 0. The Balaban J connectivity index is 1.35. The summed E-state index contributed by atoms with van der Waals surface area (Å²) in [7, 11) is 0. The number of amides is 2. The van der Waals surface area contributed by atoms with Crippen LogP contribution in [0.2, 0.25) is 0 Å². The first-order valence-electron chi connectivity index (χ1n) is 11.2. The van der Waals surface area contributed by atoms with Crippen LogP contribution in [0.3, 0.4) is 0 Å². The summed E-state index contributed by atoms with van der Waals surface area (Å²) in [6.45, 7) is 5.89. The summed E-state index contributed by atoms with van der Waals surface area (Å²) in [5.41, 5.74) is 8.45. The van der Waals surface area contributed by atoms with Gasteiger partial charge in [-0.25, -0.2) is 4.98 Å². The fourth-order valence-corrected chi connectivity index (χ4v) is 4.14. The molecule has 172 valence electrons. The van der Waals surface area contributed by atoms with E-state index in [1.165, 1.54) is 10.8 Å². The summed E-state index contributed by atoms with van der Waals surface area (Å²) in [4.78, 5) is 31.9. The monoisotopic (exact) mass is 446 g/mol. The number of benzene rings is 2. The van der Waals surface area contributed by atoms with Gasteiger partial charge in [0.2, 0.25) is 11.8 Å². The Morgan fingerprint density at radius 1 is 1.18 bits per heavy atom. The maximum atomic E-state index is 12.9. The van der Waals surface area contributed by atoms with Crippen molar-refractivity contribution in [2.45, 2.75) is 32.5 Å². The molecule has 0 radical (unpaired) electrons. The lowest BCUT2D eigenvalue weighted by Crippen LogP contribution is -2.59. The van der Waals surface area contributed by atoms with Gasteiger partial charge in [-0.15, -0.1) is 0 Å². The lowest BCUT2D eigenvalue weighted by molar-refractivity contribution is -0.129. The van der Waals surface area contributed by atoms with E-state index < -0.39 is 12.1 Å². The molecule has 1 aliphatic heterocycles. The average Bonchev–Trinajstić information content (AvgIpc) is 2.83. The first kappa shape index (κ1) is 22.5. The van der Waals surface area contributed by atoms with E-state index in [2.05, 4.69) is 50.1 Å². The van der Waals surface area contributed by atoms with Gasteiger partial charge in [0.05, 0.1) is 0 Å². The van der Waals surface area contributed by atoms with E-state index in [-0.39, 0.29) is 11.8 Å². The number of carbonyl (C=O) groups is 2. The Labute approximate surface area is 193 Å². The number of nitrogens with zero attached hydrogens (tertiary/aromatic N) is 2. The molecule has 1 aliphatic rings. The molecular weight excluding hydrogens is 416 g/mol. The van der Waals surface area contributed by atoms with Gasteiger partial charge < -0.3 is 26.6 Å². The third-order valence-electron chi connectivity index (χ3n) is 6.02. The van der Waals surface area contributed by atoms with Crippen LogP contribution in [0.25, 0.3) is 10.8 Å². The molecule has 2 heterocycles. The second-order valence-electron chi connectivity index (χ2n) is 8.38. The molecular formula is C25H30N6O2. The highest BCUT2D eigenvalue weighted by Crippen LogP contribution is 2.27. The van der Waals surface area contributed by atoms with Crippen molar-refractivity contribution in [3.63, 3.8) is 0 Å². The summed E-state index contributed by atoms with van der Waals surface area (Å²) in [5.74, 6) is 0.00921. The zero-order valence-electron chi connectivity index (χ0n) is 19.0. The number of rotatable bonds is 6. The Hall–Kier alpha value is -3.65. The van der Waals surface area contributed by atoms with E-state index in [1.807, 2.05) is 31.2 Å². The van der Waals surface area contributed by atoms with Crippen LogP contribution < -0.4 is 26.6 Å². The molecule has 3 aromatic rings. The number of piperazine rings is 1. The summed E-state index contributed by atoms with van der Waals surface area (Å²) in [6.07, 6.45) is 0. The van der Waals surface area contributed by atoms with E-state index in [0.29, 0.717) is 25.5 Å². The van der Waals surface area contributed by atoms with Crippen molar-refractivity contribution in [2.24, 2.45) is 0 Å². The number of hydrogen-bond donors (Lipinski definition) is 4. The first-order chi connectivity index (χ1) is 15.9. The van der Waals surface area contributed by atoms with Crippen molar-refractivity contribution in [1.29, 1.82) is 0 Å². The number of carbonyl (C=O) groups excluding carboxylic acids is 2. The number of pyridine rings is 1. The molecule has 1 saturated heterocycles. The highest BCUT2D eigenvalue weighted by molar-refractivity contribution is 5.95. The fraction of sp³-hybridized carbons (Fsp3) is 0.320. The minimum Gasteiger partial charge on any atom is -0.384 e. The highest BCUT2D eigenvalue weighted by Gasteiger charge is 2.28. The van der Waals surface area contributed by atoms with Crippen LogP contribution in [0.1, 0.15) is 18.2 Å². The molecule has 8 nitrogen and oxygen atoms in total. The lowest BCUT2D eigenvalue weighted by atomic mass is 10.1. The SMILES string of the molecule is Cc1nc(N)ccc1CNC(=O)[C@H](C)NC(=O)[C@H]1CN(c2cccc3ccccc23)CCN1. The third kappa shape index (κ3) is 5.23. The molecule has 2 atom stereocenters. The average molecular weight is 447 g/mol. The standard InChI is InChI=1S/C25H30N6O2/c1-16-19(10-11-23(26)29-16)14-28-24(32)17(2)30-25(33)21-15-31(13-12-27-21)22-9-5-7-18-6-3-4-8-20(18)22/h3-11,17,21,27H,12-15H2,1-2H3,(H2,26,29)(H,28,32)(H,30,33)/t17-,21+/m0/s1. The van der Waals surface area contributed by atoms with E-state index in [1.54, 1.807) is 13.0 Å². The Morgan fingerprint density at radius 3 is 2.79 bits per heavy atom. The molecule has 2 aromatic carbocycles. The lowest BCUT2D eigenvalue weighted by Gasteiger charge is -2.35. The maximum absolute atomic E-state index is 12.9. The fourth-order valence-electron chi connectivity index (χ4n) is 4.14. The van der Waals surface area contributed by atoms with Crippen LogP contribution >= 0.6 is 0 Å². The maximum Gasteiger partial charge on any atom is 0.242 e. The van der Waals surface area contributed by atoms with Crippen LogP contribution in [-0.4, -0.2) is 48.5 Å². The zero-order valence-corrected chi connectivity index (χ0v) is 19.0. The molecule has 0 aliphatic carbocycles. The third-order valence-corrected chi connectivity index (χ3v) is 6.02. The van der Waals surface area contributed by atoms with Crippen LogP contribution in [0.4, 0.5) is 11.5 Å². The van der Waals surface area contributed by atoms with Crippen molar-refractivity contribution in [3.05, 3.63) is 65.9 Å². The molecule has 0 bridgehead atoms. The number of nitrogens with two attached hydrogens (primary N) is 1. The zero-order chi connectivity index (χ0) is 23.4. The molecule has 1 aromatic heterocycles. The highest BCUT2D eigenvalue weighted by atomic mass is 16.2. The Morgan fingerprint density at radius 2 is 1.97 bits per heavy atom. The van der Waals surface area contributed by atoms with Crippen molar-refractivity contribution in [3.8, 4) is 0 Å². The van der Waals surface area contributed by atoms with Gasteiger partial charge >= 0.3 is 0 Å². The number of aryl methyl sites for hydroxylation is 1. The minimum atomic E-state index is -0.658. The summed E-state index contributed by atoms with van der Waals surface area (Å²) in [6, 6.07) is 17.0. The van der Waals surface area contributed by atoms with Gasteiger partial charge in [-0.3, -0.25) is 9.59 Å². The normalized spacial score (nSPS) is 16.9. The van der Waals surface area contributed by atoms with E-state index in [9.17, 15) is 9.59 Å². The first-order valence-corrected chi connectivity index (χ1v) is 11.2. The van der Waals surface area contributed by atoms with Gasteiger partial charge in [0.1, 0.15) is 17.9 Å². The predicted molar refractivity (Wildman–Crippen MR) is 131 cm³/mol. The predicted octanol–water partition coefficient (Wildman–Crippen LogP) is 1.72. The molecule has 0 spiro atoms. The molecule has 5 N–H and O–H groups in total. The molecule has 1 fully saturated rings. The quantitative estimate of drug-likeness (QED) is 0.459. The van der Waals surface area contributed by atoms with Gasteiger partial charge in [-0.1, -0.05) is 42.5 Å². The molecule has 33 heavy (non-hydrogen) atoms. The largest absolute Gasteiger partial charge is 0.384 e. The molecule has 0 unspecified atom stereocenters. The summed E-state index contributed by atoms with van der Waals surface area (Å²) in [5, 5.41) is 11.3. The second-order valence-corrected chi connectivity index (χ2v) is 8.38. The Bertz CT molecular complexity index is 1160. The van der Waals surface area contributed by atoms with E-state index in [0.717, 1.165) is 23.5 Å². The molecule has 8 heteroatoms. The summed E-state index contributed by atoms with van der Waals surface area (Å²) >= 11 is 0. The number of aromatic nitrogens is 1. The van der Waals surface area contributed by atoms with Crippen LogP contribution in [0.5, 0.6) is 0 Å². The number of nitrogens with one attached hydrogen (secondary N) is 3. The molecule has 4 rings (SSSR count). The number of hydrogen-bond acceptors (Lipinski definition) is 6. The van der Waals surface area contributed by atoms with Gasteiger partial charge in [0.15, 0.2) is 0 Å². The van der Waals surface area contributed by atoms with Crippen molar-refractivity contribution < 1.29 is 9.59 Å². The minimum absolute atomic E-state index is 0.187. The van der Waals surface area contributed by atoms with Crippen LogP contribution in [-0.2, 0) is 16.1 Å². The smallest absolute Gasteiger partial charge is 0.242 e. The van der Waals surface area contributed by atoms with Crippen molar-refractivity contribution in [1.82, 2.24) is 20.9 Å². The van der Waals surface area contributed by atoms with Crippen molar-refractivity contribution in [2.75, 3.05) is 30.3 Å². The van der Waals surface area contributed by atoms with Gasteiger partial charge in [-0.05, 0) is 36.9 Å². The second kappa shape index (κ2) is 9.87. The number of anilines is 2. The van der Waals surface area contributed by atoms with Crippen LogP contribution in [0.15, 0.2) is 54.6 Å². The number of fused-ring (bicyclic) bond motifs is 1. The van der Waals surface area contributed by atoms with Crippen LogP contribution in [0, 0.1) is 6.92 Å². The number of nitrogen functional groups attached to an aromatic ring is 1. The van der Waals surface area contributed by atoms with E-state index >= 15 is 0 Å². The molecule has 2 amide bonds. The Kier molecular flexibility index (Phi) is 6.74. The topological polar surface area (TPSA) is 112 Å². The van der Waals surface area contributed by atoms with Gasteiger partial charge in [0, 0.05) is 42.9 Å². The molecule has 0 saturated carbocycles. The van der Waals surface area contributed by atoms with Crippen molar-refractivity contribution >= 4 is 34.1 Å². The van der Waals surface area contributed by atoms with Gasteiger partial charge in [0.25, 0.3) is 0 Å². The van der Waals surface area contributed by atoms with Gasteiger partial charge in [-0.2, -0.15) is 0 Å².